The van der Waals surface area contributed by atoms with E-state index in [0.29, 0.717) is 12.6 Å². The fourth-order valence-electron chi connectivity index (χ4n) is 4.29. The van der Waals surface area contributed by atoms with Gasteiger partial charge in [0.15, 0.2) is 0 Å². The van der Waals surface area contributed by atoms with Gasteiger partial charge in [0.2, 0.25) is 0 Å². The number of nitrogens with zero attached hydrogens (tertiary/aromatic N) is 1. The van der Waals surface area contributed by atoms with Gasteiger partial charge in [-0.2, -0.15) is 0 Å². The molecule has 2 heteroatoms. The van der Waals surface area contributed by atoms with E-state index in [1.807, 2.05) is 0 Å². The van der Waals surface area contributed by atoms with Crippen LogP contribution in [-0.4, -0.2) is 22.7 Å². The molecule has 0 spiro atoms. The minimum Gasteiger partial charge on any atom is -0.396 e. The van der Waals surface area contributed by atoms with E-state index in [0.717, 1.165) is 25.4 Å². The van der Waals surface area contributed by atoms with Gasteiger partial charge in [0.25, 0.3) is 0 Å². The van der Waals surface area contributed by atoms with E-state index in [1.54, 1.807) is 0 Å². The third kappa shape index (κ3) is 5.96. The van der Waals surface area contributed by atoms with Crippen LogP contribution in [0.1, 0.15) is 56.1 Å². The highest BCUT2D eigenvalue weighted by molar-refractivity contribution is 5.17. The summed E-state index contributed by atoms with van der Waals surface area (Å²) in [5, 5.41) is 8.98. The Morgan fingerprint density at radius 1 is 0.731 bits per heavy atom. The molecule has 1 saturated carbocycles. The molecule has 1 fully saturated rings. The number of hydrogen-bond donors (Lipinski definition) is 1. The summed E-state index contributed by atoms with van der Waals surface area (Å²) in [5.41, 5.74) is 2.82. The first-order valence-corrected chi connectivity index (χ1v) is 10.3. The van der Waals surface area contributed by atoms with Crippen LogP contribution in [0.25, 0.3) is 0 Å². The van der Waals surface area contributed by atoms with Crippen LogP contribution >= 0.6 is 0 Å². The van der Waals surface area contributed by atoms with Gasteiger partial charge in [-0.3, -0.25) is 4.90 Å². The van der Waals surface area contributed by atoms with Crippen molar-refractivity contribution in [3.05, 3.63) is 71.8 Å². The molecule has 0 aromatic heterocycles. The van der Waals surface area contributed by atoms with Gasteiger partial charge in [0.1, 0.15) is 0 Å². The Morgan fingerprint density at radius 2 is 1.27 bits per heavy atom. The third-order valence-electron chi connectivity index (χ3n) is 5.81. The van der Waals surface area contributed by atoms with E-state index in [9.17, 15) is 0 Å². The molecular weight excluding hydrogens is 318 g/mol. The molecule has 0 radical (unpaired) electrons. The van der Waals surface area contributed by atoms with Crippen molar-refractivity contribution < 1.29 is 5.11 Å². The second-order valence-electron chi connectivity index (χ2n) is 7.77. The Balaban J connectivity index is 1.60. The Morgan fingerprint density at radius 3 is 1.77 bits per heavy atom. The smallest absolute Gasteiger partial charge is 0.0431 e. The van der Waals surface area contributed by atoms with E-state index in [1.165, 1.54) is 49.7 Å². The van der Waals surface area contributed by atoms with E-state index in [4.69, 9.17) is 5.11 Å². The van der Waals surface area contributed by atoms with Gasteiger partial charge >= 0.3 is 0 Å². The lowest BCUT2D eigenvalue weighted by Crippen LogP contribution is -2.37. The predicted octanol–water partition coefficient (Wildman–Crippen LogP) is 5.41. The number of aliphatic hydroxyl groups is 1. The minimum atomic E-state index is 0.345. The molecule has 26 heavy (non-hydrogen) atoms. The molecule has 3 rings (SSSR count). The molecule has 1 N–H and O–H groups in total. The molecule has 2 aromatic rings. The van der Waals surface area contributed by atoms with Gasteiger partial charge in [-0.1, -0.05) is 73.5 Å². The van der Waals surface area contributed by atoms with Crippen LogP contribution in [0, 0.1) is 5.92 Å². The number of hydrogen-bond acceptors (Lipinski definition) is 2. The summed E-state index contributed by atoms with van der Waals surface area (Å²) in [6.07, 6.45) is 8.75. The minimum absolute atomic E-state index is 0.345. The quantitative estimate of drug-likeness (QED) is 0.611. The summed E-state index contributed by atoms with van der Waals surface area (Å²) >= 11 is 0. The molecule has 2 aromatic carbocycles. The summed E-state index contributed by atoms with van der Waals surface area (Å²) in [6, 6.07) is 22.5. The maximum absolute atomic E-state index is 8.98. The SMILES string of the molecule is OCCCCC1CCC(N(Cc2ccccc2)Cc2ccccc2)CC1. The van der Waals surface area contributed by atoms with Crippen molar-refractivity contribution in [2.24, 2.45) is 5.92 Å². The molecule has 1 aliphatic carbocycles. The van der Waals surface area contributed by atoms with Gasteiger partial charge in [-0.15, -0.1) is 0 Å². The molecule has 0 amide bonds. The summed E-state index contributed by atoms with van der Waals surface area (Å²) in [6.45, 7) is 2.42. The zero-order chi connectivity index (χ0) is 18.0. The van der Waals surface area contributed by atoms with Crippen molar-refractivity contribution in [2.45, 2.75) is 64.1 Å². The fourth-order valence-corrected chi connectivity index (χ4v) is 4.29. The van der Waals surface area contributed by atoms with Crippen molar-refractivity contribution in [1.29, 1.82) is 0 Å². The van der Waals surface area contributed by atoms with Crippen molar-refractivity contribution in [2.75, 3.05) is 6.61 Å². The largest absolute Gasteiger partial charge is 0.396 e. The Kier molecular flexibility index (Phi) is 7.72. The average molecular weight is 352 g/mol. The van der Waals surface area contributed by atoms with Crippen molar-refractivity contribution in [3.63, 3.8) is 0 Å². The third-order valence-corrected chi connectivity index (χ3v) is 5.81. The molecule has 140 valence electrons. The van der Waals surface area contributed by atoms with Crippen LogP contribution in [-0.2, 0) is 13.1 Å². The molecule has 2 nitrogen and oxygen atoms in total. The lowest BCUT2D eigenvalue weighted by atomic mass is 9.82. The summed E-state index contributed by atoms with van der Waals surface area (Å²) < 4.78 is 0. The zero-order valence-corrected chi connectivity index (χ0v) is 15.9. The highest BCUT2D eigenvalue weighted by Crippen LogP contribution is 2.32. The summed E-state index contributed by atoms with van der Waals surface area (Å²) in [5.74, 6) is 0.869. The first-order chi connectivity index (χ1) is 12.8. The Labute approximate surface area is 158 Å². The van der Waals surface area contributed by atoms with Crippen LogP contribution in [0.2, 0.25) is 0 Å². The first kappa shape index (κ1) is 19.1. The van der Waals surface area contributed by atoms with Gasteiger partial charge in [-0.05, 0) is 49.1 Å². The zero-order valence-electron chi connectivity index (χ0n) is 15.9. The fraction of sp³-hybridized carbons (Fsp3) is 0.500. The van der Waals surface area contributed by atoms with E-state index < -0.39 is 0 Å². The monoisotopic (exact) mass is 351 g/mol. The molecular formula is C24H33NO. The van der Waals surface area contributed by atoms with Crippen LogP contribution in [0.5, 0.6) is 0 Å². The topological polar surface area (TPSA) is 23.5 Å². The maximum Gasteiger partial charge on any atom is 0.0431 e. The van der Waals surface area contributed by atoms with Crippen molar-refractivity contribution in [1.82, 2.24) is 4.90 Å². The lowest BCUT2D eigenvalue weighted by molar-refractivity contribution is 0.118. The standard InChI is InChI=1S/C24H33NO/c26-18-8-7-9-21-14-16-24(17-15-21)25(19-22-10-3-1-4-11-22)20-23-12-5-2-6-13-23/h1-6,10-13,21,24,26H,7-9,14-20H2. The predicted molar refractivity (Wildman–Crippen MR) is 109 cm³/mol. The summed E-state index contributed by atoms with van der Waals surface area (Å²) in [7, 11) is 0. The first-order valence-electron chi connectivity index (χ1n) is 10.3. The van der Waals surface area contributed by atoms with Gasteiger partial charge in [0.05, 0.1) is 0 Å². The van der Waals surface area contributed by atoms with E-state index in [-0.39, 0.29) is 0 Å². The number of aliphatic hydroxyl groups excluding tert-OH is 1. The van der Waals surface area contributed by atoms with Crippen LogP contribution in [0.3, 0.4) is 0 Å². The number of unbranched alkanes of at least 4 members (excludes halogenated alkanes) is 1. The van der Waals surface area contributed by atoms with Gasteiger partial charge < -0.3 is 5.11 Å². The molecule has 0 unspecified atom stereocenters. The number of rotatable bonds is 9. The second-order valence-corrected chi connectivity index (χ2v) is 7.77. The molecule has 0 atom stereocenters. The average Bonchev–Trinajstić information content (AvgIpc) is 2.70. The van der Waals surface area contributed by atoms with Crippen LogP contribution in [0.4, 0.5) is 0 Å². The molecule has 1 aliphatic rings. The highest BCUT2D eigenvalue weighted by atomic mass is 16.2. The second kappa shape index (κ2) is 10.5. The lowest BCUT2D eigenvalue weighted by Gasteiger charge is -2.37. The summed E-state index contributed by atoms with van der Waals surface area (Å²) in [4.78, 5) is 2.69. The van der Waals surface area contributed by atoms with E-state index >= 15 is 0 Å². The maximum atomic E-state index is 8.98. The van der Waals surface area contributed by atoms with Gasteiger partial charge in [0, 0.05) is 25.7 Å². The molecule has 0 bridgehead atoms. The molecule has 0 heterocycles. The normalized spacial score (nSPS) is 20.4. The van der Waals surface area contributed by atoms with Crippen molar-refractivity contribution in [3.8, 4) is 0 Å². The number of benzene rings is 2. The molecule has 0 saturated heterocycles. The Hall–Kier alpha value is -1.64. The highest BCUT2D eigenvalue weighted by Gasteiger charge is 2.25. The van der Waals surface area contributed by atoms with Crippen LogP contribution in [0.15, 0.2) is 60.7 Å². The van der Waals surface area contributed by atoms with Crippen molar-refractivity contribution >= 4 is 0 Å². The molecule has 0 aliphatic heterocycles. The van der Waals surface area contributed by atoms with Gasteiger partial charge in [-0.25, -0.2) is 0 Å². The van der Waals surface area contributed by atoms with Crippen LogP contribution < -0.4 is 0 Å². The van der Waals surface area contributed by atoms with E-state index in [2.05, 4.69) is 65.6 Å². The Bertz CT molecular complexity index is 563.